The lowest BCUT2D eigenvalue weighted by Crippen LogP contribution is -2.23. The van der Waals surface area contributed by atoms with Crippen LogP contribution in [0.3, 0.4) is 0 Å². The summed E-state index contributed by atoms with van der Waals surface area (Å²) in [7, 11) is 0. The van der Waals surface area contributed by atoms with Gasteiger partial charge in [0.25, 0.3) is 0 Å². The maximum absolute atomic E-state index is 11.6. The Balaban J connectivity index is 4.25. The van der Waals surface area contributed by atoms with Gasteiger partial charge in [-0.15, -0.1) is 0 Å². The van der Waals surface area contributed by atoms with E-state index in [4.69, 9.17) is 0 Å². The minimum absolute atomic E-state index is 0.171. The van der Waals surface area contributed by atoms with Crippen molar-refractivity contribution in [1.82, 2.24) is 0 Å². The van der Waals surface area contributed by atoms with E-state index in [1.54, 1.807) is 13.8 Å². The molecule has 3 atom stereocenters. The molecule has 0 aromatic carbocycles. The molecule has 0 fully saturated rings. The first-order valence-electron chi connectivity index (χ1n) is 6.75. The molecular weight excluding hydrogens is 212 g/mol. The van der Waals surface area contributed by atoms with Crippen LogP contribution in [0.25, 0.3) is 0 Å². The molecule has 0 aliphatic rings. The quantitative estimate of drug-likeness (QED) is 0.645. The van der Waals surface area contributed by atoms with Gasteiger partial charge in [-0.3, -0.25) is 4.79 Å². The van der Waals surface area contributed by atoms with Crippen LogP contribution in [0.5, 0.6) is 0 Å². The second-order valence-corrected chi connectivity index (χ2v) is 5.89. The van der Waals surface area contributed by atoms with Gasteiger partial charge < -0.3 is 4.79 Å². The molecule has 0 aliphatic heterocycles. The Morgan fingerprint density at radius 3 is 1.82 bits per heavy atom. The van der Waals surface area contributed by atoms with Gasteiger partial charge >= 0.3 is 0 Å². The van der Waals surface area contributed by atoms with Crippen LogP contribution in [0.1, 0.15) is 60.8 Å². The van der Waals surface area contributed by atoms with Crippen LogP contribution in [0.4, 0.5) is 0 Å². The number of carbonyl (C=O) groups is 2. The predicted molar refractivity (Wildman–Crippen MR) is 71.9 cm³/mol. The van der Waals surface area contributed by atoms with Crippen molar-refractivity contribution in [1.29, 1.82) is 0 Å². The van der Waals surface area contributed by atoms with Crippen molar-refractivity contribution in [2.45, 2.75) is 60.8 Å². The summed E-state index contributed by atoms with van der Waals surface area (Å²) in [5.74, 6) is 2.16. The molecule has 17 heavy (non-hydrogen) atoms. The molecule has 1 unspecified atom stereocenters. The second kappa shape index (κ2) is 7.62. The van der Waals surface area contributed by atoms with Crippen LogP contribution in [0.2, 0.25) is 0 Å². The van der Waals surface area contributed by atoms with E-state index in [1.165, 1.54) is 0 Å². The van der Waals surface area contributed by atoms with Gasteiger partial charge in [-0.25, -0.2) is 0 Å². The predicted octanol–water partition coefficient (Wildman–Crippen LogP) is 3.88. The van der Waals surface area contributed by atoms with Crippen molar-refractivity contribution < 1.29 is 9.59 Å². The Morgan fingerprint density at radius 2 is 1.47 bits per heavy atom. The molecule has 0 aromatic rings. The molecule has 2 heteroatoms. The molecular formula is C15H28O2. The molecule has 0 amide bonds. The molecule has 0 radical (unpaired) electrons. The van der Waals surface area contributed by atoms with Crippen molar-refractivity contribution in [3.05, 3.63) is 0 Å². The Labute approximate surface area is 106 Å². The maximum Gasteiger partial charge on any atom is 0.133 e. The highest BCUT2D eigenvalue weighted by atomic mass is 16.1. The van der Waals surface area contributed by atoms with E-state index in [0.29, 0.717) is 30.0 Å². The van der Waals surface area contributed by atoms with Crippen molar-refractivity contribution in [2.24, 2.45) is 23.7 Å². The van der Waals surface area contributed by atoms with Gasteiger partial charge in [0, 0.05) is 12.3 Å². The summed E-state index contributed by atoms with van der Waals surface area (Å²) >= 11 is 0. The highest BCUT2D eigenvalue weighted by molar-refractivity contribution is 5.78. The largest absolute Gasteiger partial charge is 0.300 e. The van der Waals surface area contributed by atoms with Crippen molar-refractivity contribution >= 4 is 11.6 Å². The van der Waals surface area contributed by atoms with E-state index >= 15 is 0 Å². The fourth-order valence-corrected chi connectivity index (χ4v) is 2.26. The first-order valence-corrected chi connectivity index (χ1v) is 6.75. The molecule has 2 nitrogen and oxygen atoms in total. The van der Waals surface area contributed by atoms with Gasteiger partial charge in [0.1, 0.15) is 11.6 Å². The third kappa shape index (κ3) is 6.60. The molecule has 0 saturated heterocycles. The number of Topliss-reactive ketones (excluding diaryl/α,β-unsaturated/α-hetero) is 2. The second-order valence-electron chi connectivity index (χ2n) is 5.89. The van der Waals surface area contributed by atoms with Crippen LogP contribution in [-0.2, 0) is 9.59 Å². The molecule has 0 bridgehead atoms. The molecule has 0 N–H and O–H groups in total. The first-order chi connectivity index (χ1) is 7.75. The number of hydrogen-bond acceptors (Lipinski definition) is 2. The first kappa shape index (κ1) is 16.3. The summed E-state index contributed by atoms with van der Waals surface area (Å²) in [6.45, 7) is 11.9. The Kier molecular flexibility index (Phi) is 7.33. The van der Waals surface area contributed by atoms with Gasteiger partial charge in [0.15, 0.2) is 0 Å². The number of carbonyl (C=O) groups excluding carboxylic acids is 2. The maximum atomic E-state index is 11.6. The molecule has 0 heterocycles. The lowest BCUT2D eigenvalue weighted by molar-refractivity contribution is -0.123. The lowest BCUT2D eigenvalue weighted by atomic mass is 9.79. The zero-order valence-electron chi connectivity index (χ0n) is 12.2. The van der Waals surface area contributed by atoms with Gasteiger partial charge in [-0.05, 0) is 44.4 Å². The summed E-state index contributed by atoms with van der Waals surface area (Å²) in [4.78, 5) is 22.5. The monoisotopic (exact) mass is 240 g/mol. The van der Waals surface area contributed by atoms with Crippen molar-refractivity contribution in [3.63, 3.8) is 0 Å². The zero-order chi connectivity index (χ0) is 13.6. The Bertz CT molecular complexity index is 256. The van der Waals surface area contributed by atoms with Crippen LogP contribution in [0, 0.1) is 23.7 Å². The van der Waals surface area contributed by atoms with E-state index in [2.05, 4.69) is 27.7 Å². The fraction of sp³-hybridized carbons (Fsp3) is 0.867. The van der Waals surface area contributed by atoms with E-state index in [-0.39, 0.29) is 11.7 Å². The third-order valence-electron chi connectivity index (χ3n) is 3.88. The zero-order valence-corrected chi connectivity index (χ0v) is 12.2. The summed E-state index contributed by atoms with van der Waals surface area (Å²) in [6.07, 6.45) is 2.56. The Morgan fingerprint density at radius 1 is 0.941 bits per heavy atom. The highest BCUT2D eigenvalue weighted by Crippen LogP contribution is 2.28. The topological polar surface area (TPSA) is 34.1 Å². The lowest BCUT2D eigenvalue weighted by Gasteiger charge is -2.26. The van der Waals surface area contributed by atoms with E-state index < -0.39 is 0 Å². The average Bonchev–Trinajstić information content (AvgIpc) is 2.20. The van der Waals surface area contributed by atoms with Gasteiger partial charge in [0.2, 0.25) is 0 Å². The SMILES string of the molecule is CC(=O)CC[C@H](C)[C@@H](C)CC(C(C)=O)C(C)C. The summed E-state index contributed by atoms with van der Waals surface area (Å²) in [5, 5.41) is 0. The van der Waals surface area contributed by atoms with E-state index in [1.807, 2.05) is 0 Å². The van der Waals surface area contributed by atoms with Crippen molar-refractivity contribution in [3.8, 4) is 0 Å². The van der Waals surface area contributed by atoms with E-state index in [0.717, 1.165) is 12.8 Å². The minimum Gasteiger partial charge on any atom is -0.300 e. The average molecular weight is 240 g/mol. The van der Waals surface area contributed by atoms with Gasteiger partial charge in [-0.1, -0.05) is 27.7 Å². The molecule has 100 valence electrons. The van der Waals surface area contributed by atoms with E-state index in [9.17, 15) is 9.59 Å². The van der Waals surface area contributed by atoms with Crippen LogP contribution >= 0.6 is 0 Å². The van der Waals surface area contributed by atoms with Gasteiger partial charge in [-0.2, -0.15) is 0 Å². The normalized spacial score (nSPS) is 16.6. The molecule has 0 aliphatic carbocycles. The summed E-state index contributed by atoms with van der Waals surface area (Å²) in [6, 6.07) is 0. The smallest absolute Gasteiger partial charge is 0.133 e. The summed E-state index contributed by atoms with van der Waals surface area (Å²) in [5.41, 5.74) is 0. The molecule has 0 saturated carbocycles. The molecule has 0 rings (SSSR count). The molecule has 0 aromatic heterocycles. The van der Waals surface area contributed by atoms with Crippen LogP contribution in [0.15, 0.2) is 0 Å². The van der Waals surface area contributed by atoms with Crippen molar-refractivity contribution in [2.75, 3.05) is 0 Å². The minimum atomic E-state index is 0.171. The van der Waals surface area contributed by atoms with Gasteiger partial charge in [0.05, 0.1) is 0 Å². The fourth-order valence-electron chi connectivity index (χ4n) is 2.26. The number of ketones is 2. The summed E-state index contributed by atoms with van der Waals surface area (Å²) < 4.78 is 0. The number of rotatable bonds is 8. The molecule has 0 spiro atoms. The van der Waals surface area contributed by atoms with Crippen LogP contribution in [-0.4, -0.2) is 11.6 Å². The standard InChI is InChI=1S/C15H28O2/c1-10(2)15(14(6)17)9-12(4)11(3)7-8-13(5)16/h10-12,15H,7-9H2,1-6H3/t11-,12-,15?/m0/s1. The highest BCUT2D eigenvalue weighted by Gasteiger charge is 2.23. The Hall–Kier alpha value is -0.660. The number of hydrogen-bond donors (Lipinski definition) is 0. The third-order valence-corrected chi connectivity index (χ3v) is 3.88. The van der Waals surface area contributed by atoms with Crippen LogP contribution < -0.4 is 0 Å².